The highest BCUT2D eigenvalue weighted by Gasteiger charge is 2.77. The van der Waals surface area contributed by atoms with Crippen LogP contribution in [0, 0.1) is 23.2 Å². The first-order valence-electron chi connectivity index (χ1n) is 12.3. The van der Waals surface area contributed by atoms with Gasteiger partial charge in [-0.1, -0.05) is 20.4 Å². The van der Waals surface area contributed by atoms with Crippen molar-refractivity contribution in [2.45, 2.75) is 95.2 Å². The Kier molecular flexibility index (Phi) is 5.85. The molecule has 5 aliphatic rings. The van der Waals surface area contributed by atoms with Crippen LogP contribution in [0.1, 0.15) is 34.6 Å². The molecule has 5 rings (SSSR count). The Labute approximate surface area is 209 Å². The van der Waals surface area contributed by atoms with Crippen LogP contribution >= 0.6 is 0 Å². The Bertz CT molecular complexity index is 996. The zero-order chi connectivity index (χ0) is 26.5. The van der Waals surface area contributed by atoms with Crippen molar-refractivity contribution in [3.05, 3.63) is 12.2 Å². The van der Waals surface area contributed by atoms with Crippen LogP contribution in [0.15, 0.2) is 12.2 Å². The van der Waals surface area contributed by atoms with Crippen molar-refractivity contribution >= 4 is 17.9 Å². The van der Waals surface area contributed by atoms with Crippen LogP contribution in [-0.4, -0.2) is 95.8 Å². The van der Waals surface area contributed by atoms with Gasteiger partial charge >= 0.3 is 17.9 Å². The molecule has 0 spiro atoms. The molecule has 5 fully saturated rings. The molecule has 0 aromatic carbocycles. The number of aliphatic hydroxyl groups excluding tert-OH is 1. The third-order valence-corrected chi connectivity index (χ3v) is 9.12. The predicted molar refractivity (Wildman–Crippen MR) is 119 cm³/mol. The van der Waals surface area contributed by atoms with Crippen LogP contribution in [0.25, 0.3) is 0 Å². The van der Waals surface area contributed by atoms with Gasteiger partial charge in [-0.2, -0.15) is 0 Å². The number of rotatable bonds is 3. The molecule has 11 nitrogen and oxygen atoms in total. The fourth-order valence-corrected chi connectivity index (χ4v) is 7.22. The minimum Gasteiger partial charge on any atom is -0.459 e. The van der Waals surface area contributed by atoms with Crippen LogP contribution < -0.4 is 0 Å². The maximum Gasteiger partial charge on any atom is 0.312 e. The lowest BCUT2D eigenvalue weighted by Crippen LogP contribution is -2.69. The van der Waals surface area contributed by atoms with Crippen molar-refractivity contribution in [3.8, 4) is 0 Å². The van der Waals surface area contributed by atoms with E-state index in [1.165, 1.54) is 27.9 Å². The number of methoxy groups -OCH3 is 1. The zero-order valence-corrected chi connectivity index (χ0v) is 21.2. The van der Waals surface area contributed by atoms with E-state index in [2.05, 4.69) is 6.58 Å². The summed E-state index contributed by atoms with van der Waals surface area (Å²) in [6.07, 6.45) is -7.82. The third-order valence-electron chi connectivity index (χ3n) is 9.12. The number of hydrogen-bond acceptors (Lipinski definition) is 11. The molecule has 14 atom stereocenters. The molecule has 2 aliphatic carbocycles. The van der Waals surface area contributed by atoms with Crippen LogP contribution in [0.2, 0.25) is 0 Å². The maximum atomic E-state index is 12.9. The summed E-state index contributed by atoms with van der Waals surface area (Å²) in [6.45, 7) is 11.7. The summed E-state index contributed by atoms with van der Waals surface area (Å²) in [5, 5.41) is 24.1. The van der Waals surface area contributed by atoms with Gasteiger partial charge in [-0.3, -0.25) is 14.4 Å². The van der Waals surface area contributed by atoms with E-state index in [4.69, 9.17) is 28.4 Å². The lowest BCUT2D eigenvalue weighted by Gasteiger charge is -2.54. The van der Waals surface area contributed by atoms with E-state index in [0.29, 0.717) is 5.57 Å². The summed E-state index contributed by atoms with van der Waals surface area (Å²) in [4.78, 5) is 37.3. The molecule has 11 heteroatoms. The van der Waals surface area contributed by atoms with Crippen molar-refractivity contribution in [2.24, 2.45) is 23.2 Å². The molecule has 0 bridgehead atoms. The van der Waals surface area contributed by atoms with Gasteiger partial charge in [0.05, 0.1) is 18.1 Å². The Balaban J connectivity index is 1.73. The van der Waals surface area contributed by atoms with E-state index < -0.39 is 102 Å². The van der Waals surface area contributed by atoms with Gasteiger partial charge in [0.2, 0.25) is 0 Å². The normalized spacial score (nSPS) is 53.1. The van der Waals surface area contributed by atoms with E-state index in [1.807, 2.05) is 0 Å². The van der Waals surface area contributed by atoms with E-state index in [0.717, 1.165) is 0 Å². The second-order valence-corrected chi connectivity index (χ2v) is 11.0. The largest absolute Gasteiger partial charge is 0.459 e. The van der Waals surface area contributed by atoms with Crippen molar-refractivity contribution < 1.29 is 53.0 Å². The number of carbonyl (C=O) groups excluding carboxylic acids is 3. The minimum atomic E-state index is -2.07. The van der Waals surface area contributed by atoms with E-state index in [9.17, 15) is 24.6 Å². The quantitative estimate of drug-likeness (QED) is 0.226. The van der Waals surface area contributed by atoms with Gasteiger partial charge in [-0.15, -0.1) is 0 Å². The van der Waals surface area contributed by atoms with Crippen LogP contribution in [0.3, 0.4) is 0 Å². The highest BCUT2D eigenvalue weighted by atomic mass is 16.6. The van der Waals surface area contributed by atoms with Gasteiger partial charge in [0, 0.05) is 38.2 Å². The first-order chi connectivity index (χ1) is 16.8. The molecule has 0 unspecified atom stereocenters. The van der Waals surface area contributed by atoms with E-state index in [-0.39, 0.29) is 0 Å². The summed E-state index contributed by atoms with van der Waals surface area (Å²) in [7, 11) is 1.39. The molecular formula is C25H34O11. The highest BCUT2D eigenvalue weighted by molar-refractivity contribution is 5.77. The lowest BCUT2D eigenvalue weighted by molar-refractivity contribution is -0.231. The smallest absolute Gasteiger partial charge is 0.312 e. The number of hydrogen-bond donors (Lipinski definition) is 2. The number of epoxide rings is 2. The van der Waals surface area contributed by atoms with Crippen LogP contribution in [0.4, 0.5) is 0 Å². The number of fused-ring (bicyclic) bond motifs is 5. The lowest BCUT2D eigenvalue weighted by atomic mass is 9.53. The molecule has 200 valence electrons. The Morgan fingerprint density at radius 2 is 1.69 bits per heavy atom. The molecule has 3 saturated heterocycles. The SMILES string of the molecule is C=C1[C@H]2O[C@H]2[C@H](O)[C@]2(C)[C@H]([C@@H](C)[C@@H](OC(C)=O)[C@@H]3O[C@@H]32)[C@H](OC(C)=O)[C@]2(O)[C@@H](C)C(=O)O[C@H]2[C@@H]1OC. The first kappa shape index (κ1) is 25.6. The minimum absolute atomic E-state index is 0.394. The molecular weight excluding hydrogens is 476 g/mol. The Hall–Kier alpha value is -2.05. The second kappa shape index (κ2) is 8.22. The average Bonchev–Trinajstić information content (AvgIpc) is 3.71. The molecule has 2 N–H and O–H groups in total. The van der Waals surface area contributed by atoms with Crippen LogP contribution in [0.5, 0.6) is 0 Å². The summed E-state index contributed by atoms with van der Waals surface area (Å²) >= 11 is 0. The molecule has 0 aromatic heterocycles. The van der Waals surface area contributed by atoms with Gasteiger partial charge in [-0.05, 0) is 12.5 Å². The van der Waals surface area contributed by atoms with Gasteiger partial charge in [0.15, 0.2) is 11.7 Å². The Morgan fingerprint density at radius 1 is 1.06 bits per heavy atom. The first-order valence-corrected chi connectivity index (χ1v) is 12.3. The van der Waals surface area contributed by atoms with Crippen molar-refractivity contribution in [2.75, 3.05) is 7.11 Å². The number of ether oxygens (including phenoxy) is 6. The molecule has 3 heterocycles. The second-order valence-electron chi connectivity index (χ2n) is 11.0. The van der Waals surface area contributed by atoms with Gasteiger partial charge in [-0.25, -0.2) is 0 Å². The van der Waals surface area contributed by atoms with Gasteiger partial charge in [0.1, 0.15) is 36.6 Å². The van der Waals surface area contributed by atoms with Gasteiger partial charge < -0.3 is 38.6 Å². The Morgan fingerprint density at radius 3 is 2.28 bits per heavy atom. The number of esters is 3. The molecule has 2 saturated carbocycles. The van der Waals surface area contributed by atoms with E-state index >= 15 is 0 Å². The summed E-state index contributed by atoms with van der Waals surface area (Å²) in [5.74, 6) is -4.41. The molecule has 0 aromatic rings. The fraction of sp³-hybridized carbons (Fsp3) is 0.800. The number of aliphatic hydroxyl groups is 2. The predicted octanol–water partition coefficient (Wildman–Crippen LogP) is -0.105. The molecule has 36 heavy (non-hydrogen) atoms. The molecule has 0 amide bonds. The van der Waals surface area contributed by atoms with Crippen molar-refractivity contribution in [1.29, 1.82) is 0 Å². The zero-order valence-electron chi connectivity index (χ0n) is 21.2. The third kappa shape index (κ3) is 3.32. The summed E-state index contributed by atoms with van der Waals surface area (Å²) < 4.78 is 34.7. The van der Waals surface area contributed by atoms with Crippen molar-refractivity contribution in [3.63, 3.8) is 0 Å². The van der Waals surface area contributed by atoms with Crippen molar-refractivity contribution in [1.82, 2.24) is 0 Å². The summed E-state index contributed by atoms with van der Waals surface area (Å²) in [6, 6.07) is 0. The summed E-state index contributed by atoms with van der Waals surface area (Å²) in [5.41, 5.74) is -2.80. The van der Waals surface area contributed by atoms with Crippen LogP contribution in [-0.2, 0) is 42.8 Å². The monoisotopic (exact) mass is 510 g/mol. The molecule has 3 aliphatic heterocycles. The van der Waals surface area contributed by atoms with E-state index in [1.54, 1.807) is 13.8 Å². The number of carbonyl (C=O) groups is 3. The molecule has 0 radical (unpaired) electrons. The standard InChI is InChI=1S/C25H34O11/c1-8-13-20(33-12(5)27)25(30)10(3)23(29)36-22(25)16(31-7)9(2)15-17(34-15)19(28)24(13,6)21-18(35-21)14(8)32-11(4)26/h8,10,13-22,28,30H,2H2,1,3-7H3/t8-,10+,13-,14-,15-,16-,17-,18+,19+,20+,21+,22+,24+,25-/m1/s1. The fourth-order valence-electron chi connectivity index (χ4n) is 7.22. The maximum absolute atomic E-state index is 12.9. The topological polar surface area (TPSA) is 154 Å². The van der Waals surface area contributed by atoms with Gasteiger partial charge in [0.25, 0.3) is 0 Å². The average molecular weight is 511 g/mol. The highest BCUT2D eigenvalue weighted by Crippen LogP contribution is 2.63.